The van der Waals surface area contributed by atoms with Crippen molar-refractivity contribution in [3.05, 3.63) is 28.3 Å². The summed E-state index contributed by atoms with van der Waals surface area (Å²) in [5, 5.41) is 0.424. The number of hydrogen-bond acceptors (Lipinski definition) is 4. The van der Waals surface area contributed by atoms with Gasteiger partial charge in [-0.25, -0.2) is 0 Å². The minimum Gasteiger partial charge on any atom is -0.465 e. The first-order valence-electron chi connectivity index (χ1n) is 7.17. The summed E-state index contributed by atoms with van der Waals surface area (Å²) in [5.74, 6) is 2.68. The van der Waals surface area contributed by atoms with Gasteiger partial charge in [0, 0.05) is 5.56 Å². The minimum absolute atomic E-state index is 0.308. The number of carbonyl (C=O) groups is 1. The molecular formula is C16H23ClN2O2Si. The number of hydrogen-bond donors (Lipinski definition) is 2. The Morgan fingerprint density at radius 3 is 2.59 bits per heavy atom. The highest BCUT2D eigenvalue weighted by atomic mass is 35.5. The van der Waals surface area contributed by atoms with Gasteiger partial charge in [-0.1, -0.05) is 37.2 Å². The molecule has 0 amide bonds. The summed E-state index contributed by atoms with van der Waals surface area (Å²) >= 11 is 6.15. The first-order valence-corrected chi connectivity index (χ1v) is 11.0. The summed E-state index contributed by atoms with van der Waals surface area (Å²) in [7, 11) is -1.52. The van der Waals surface area contributed by atoms with Crippen molar-refractivity contribution in [2.24, 2.45) is 5.73 Å². The van der Waals surface area contributed by atoms with Crippen LogP contribution in [-0.2, 0) is 16.0 Å². The van der Waals surface area contributed by atoms with Gasteiger partial charge >= 0.3 is 5.97 Å². The Kier molecular flexibility index (Phi) is 6.48. The summed E-state index contributed by atoms with van der Waals surface area (Å²) in [6.07, 6.45) is 0.334. The van der Waals surface area contributed by atoms with Crippen LogP contribution in [0.25, 0.3) is 0 Å². The summed E-state index contributed by atoms with van der Waals surface area (Å²) in [5.41, 5.74) is 17.0. The van der Waals surface area contributed by atoms with Crippen molar-refractivity contribution >= 4 is 31.3 Å². The number of rotatable bonds is 4. The molecule has 0 spiro atoms. The van der Waals surface area contributed by atoms with Crippen LogP contribution in [-0.4, -0.2) is 26.7 Å². The Labute approximate surface area is 138 Å². The molecule has 0 saturated carbocycles. The topological polar surface area (TPSA) is 78.3 Å². The first-order chi connectivity index (χ1) is 10.1. The Hall–Kier alpha value is -1.48. The van der Waals surface area contributed by atoms with Gasteiger partial charge in [-0.2, -0.15) is 0 Å². The van der Waals surface area contributed by atoms with E-state index in [2.05, 4.69) is 31.1 Å². The van der Waals surface area contributed by atoms with Crippen molar-refractivity contribution in [1.82, 2.24) is 0 Å². The molecule has 1 aromatic rings. The van der Waals surface area contributed by atoms with E-state index in [1.54, 1.807) is 13.0 Å². The van der Waals surface area contributed by atoms with Crippen LogP contribution in [0, 0.1) is 11.5 Å². The third kappa shape index (κ3) is 5.72. The number of nitrogen functional groups attached to an aromatic ring is 1. The lowest BCUT2D eigenvalue weighted by Gasteiger charge is -2.12. The zero-order valence-electron chi connectivity index (χ0n) is 13.5. The van der Waals surface area contributed by atoms with Gasteiger partial charge in [-0.05, 0) is 31.0 Å². The second kappa shape index (κ2) is 7.68. The van der Waals surface area contributed by atoms with Crippen LogP contribution in [0.5, 0.6) is 0 Å². The van der Waals surface area contributed by atoms with Crippen molar-refractivity contribution in [3.63, 3.8) is 0 Å². The smallest absolute Gasteiger partial charge is 0.323 e. The molecule has 0 unspecified atom stereocenters. The Morgan fingerprint density at radius 1 is 1.41 bits per heavy atom. The van der Waals surface area contributed by atoms with E-state index in [0.717, 1.165) is 5.56 Å². The van der Waals surface area contributed by atoms with Crippen LogP contribution in [0.15, 0.2) is 12.1 Å². The number of ether oxygens (including phenoxy) is 1. The molecule has 120 valence electrons. The van der Waals surface area contributed by atoms with Gasteiger partial charge in [-0.3, -0.25) is 4.79 Å². The molecule has 22 heavy (non-hydrogen) atoms. The molecule has 0 bridgehead atoms. The fourth-order valence-electron chi connectivity index (χ4n) is 1.74. The van der Waals surface area contributed by atoms with E-state index in [-0.39, 0.29) is 0 Å². The van der Waals surface area contributed by atoms with E-state index < -0.39 is 20.1 Å². The van der Waals surface area contributed by atoms with E-state index >= 15 is 0 Å². The molecule has 1 aromatic carbocycles. The summed E-state index contributed by atoms with van der Waals surface area (Å²) in [4.78, 5) is 11.6. The third-order valence-electron chi connectivity index (χ3n) is 2.81. The van der Waals surface area contributed by atoms with E-state index in [4.69, 9.17) is 27.8 Å². The van der Waals surface area contributed by atoms with Gasteiger partial charge in [-0.15, -0.1) is 5.54 Å². The lowest BCUT2D eigenvalue weighted by molar-refractivity contribution is -0.144. The molecular weight excluding hydrogens is 316 g/mol. The molecule has 6 heteroatoms. The van der Waals surface area contributed by atoms with Gasteiger partial charge in [0.1, 0.15) is 14.1 Å². The lowest BCUT2D eigenvalue weighted by Crippen LogP contribution is -2.34. The molecule has 1 rings (SSSR count). The number of halogens is 1. The fraction of sp³-hybridized carbons (Fsp3) is 0.438. The average molecular weight is 339 g/mol. The van der Waals surface area contributed by atoms with Crippen molar-refractivity contribution in [2.45, 2.75) is 39.0 Å². The average Bonchev–Trinajstić information content (AvgIpc) is 2.40. The maximum absolute atomic E-state index is 11.6. The van der Waals surface area contributed by atoms with Gasteiger partial charge < -0.3 is 16.2 Å². The largest absolute Gasteiger partial charge is 0.465 e. The van der Waals surface area contributed by atoms with Crippen LogP contribution in [0.2, 0.25) is 24.7 Å². The Morgan fingerprint density at radius 2 is 2.05 bits per heavy atom. The molecule has 0 heterocycles. The summed E-state index contributed by atoms with van der Waals surface area (Å²) in [6.45, 7) is 8.51. The third-order valence-corrected chi connectivity index (χ3v) is 3.99. The Bertz CT molecular complexity index is 615. The monoisotopic (exact) mass is 338 g/mol. The van der Waals surface area contributed by atoms with Gasteiger partial charge in [0.15, 0.2) is 0 Å². The predicted octanol–water partition coefficient (Wildman–Crippen LogP) is 2.58. The lowest BCUT2D eigenvalue weighted by atomic mass is 10.0. The highest BCUT2D eigenvalue weighted by Crippen LogP contribution is 2.25. The summed E-state index contributed by atoms with van der Waals surface area (Å²) in [6, 6.07) is 2.83. The molecule has 0 aliphatic heterocycles. The molecule has 4 nitrogen and oxygen atoms in total. The number of carbonyl (C=O) groups excluding carboxylic acids is 1. The number of benzene rings is 1. The molecule has 0 aliphatic rings. The van der Waals surface area contributed by atoms with Crippen LogP contribution >= 0.6 is 11.6 Å². The second-order valence-corrected chi connectivity index (χ2v) is 11.3. The zero-order chi connectivity index (χ0) is 16.9. The standard InChI is InChI=1S/C16H23ClN2O2Si/c1-5-21-16(20)14(18)10-11-8-12(6-7-22(2,3)4)15(19)13(17)9-11/h8-9,14H,5,10,18-19H2,1-4H3/t14-/m1/s1. The maximum atomic E-state index is 11.6. The quantitative estimate of drug-likeness (QED) is 0.383. The highest BCUT2D eigenvalue weighted by Gasteiger charge is 2.17. The summed E-state index contributed by atoms with van der Waals surface area (Å²) < 4.78 is 4.91. The van der Waals surface area contributed by atoms with Gasteiger partial charge in [0.05, 0.1) is 17.3 Å². The first kappa shape index (κ1) is 18.6. The molecule has 0 aromatic heterocycles. The highest BCUT2D eigenvalue weighted by molar-refractivity contribution is 6.83. The van der Waals surface area contributed by atoms with Gasteiger partial charge in [0.2, 0.25) is 0 Å². The van der Waals surface area contributed by atoms with Crippen molar-refractivity contribution < 1.29 is 9.53 Å². The van der Waals surface area contributed by atoms with E-state index in [1.165, 1.54) is 0 Å². The molecule has 0 aliphatic carbocycles. The SMILES string of the molecule is CCOC(=O)[C@H](N)Cc1cc(Cl)c(N)c(C#C[Si](C)(C)C)c1. The molecule has 0 saturated heterocycles. The molecule has 0 fully saturated rings. The van der Waals surface area contributed by atoms with Crippen LogP contribution in [0.4, 0.5) is 5.69 Å². The second-order valence-electron chi connectivity index (χ2n) is 6.10. The van der Waals surface area contributed by atoms with Gasteiger partial charge in [0.25, 0.3) is 0 Å². The molecule has 1 atom stereocenters. The molecule has 0 radical (unpaired) electrons. The Balaban J connectivity index is 3.05. The van der Waals surface area contributed by atoms with Crippen LogP contribution in [0.3, 0.4) is 0 Å². The van der Waals surface area contributed by atoms with Crippen LogP contribution < -0.4 is 11.5 Å². The van der Waals surface area contributed by atoms with E-state index in [1.807, 2.05) is 6.07 Å². The van der Waals surface area contributed by atoms with E-state index in [0.29, 0.717) is 29.3 Å². The fourth-order valence-corrected chi connectivity index (χ4v) is 2.49. The molecule has 4 N–H and O–H groups in total. The van der Waals surface area contributed by atoms with Crippen molar-refractivity contribution in [3.8, 4) is 11.5 Å². The number of nitrogens with two attached hydrogens (primary N) is 2. The number of anilines is 1. The van der Waals surface area contributed by atoms with Crippen molar-refractivity contribution in [2.75, 3.05) is 12.3 Å². The number of esters is 1. The van der Waals surface area contributed by atoms with E-state index in [9.17, 15) is 4.79 Å². The van der Waals surface area contributed by atoms with Crippen LogP contribution in [0.1, 0.15) is 18.1 Å². The maximum Gasteiger partial charge on any atom is 0.323 e. The normalized spacial score (nSPS) is 12.3. The van der Waals surface area contributed by atoms with Crippen molar-refractivity contribution in [1.29, 1.82) is 0 Å². The predicted molar refractivity (Wildman–Crippen MR) is 94.4 cm³/mol. The zero-order valence-corrected chi connectivity index (χ0v) is 15.3. The minimum atomic E-state index is -1.52.